The smallest absolute Gasteiger partial charge is 0.254 e. The lowest BCUT2D eigenvalue weighted by Crippen LogP contribution is -2.31. The second-order valence-corrected chi connectivity index (χ2v) is 5.69. The van der Waals surface area contributed by atoms with Crippen molar-refractivity contribution in [3.05, 3.63) is 76.5 Å². The molecule has 6 heteroatoms. The van der Waals surface area contributed by atoms with Crippen molar-refractivity contribution in [1.82, 2.24) is 15.1 Å². The van der Waals surface area contributed by atoms with E-state index in [0.29, 0.717) is 6.54 Å². The molecule has 1 amide bonds. The highest BCUT2D eigenvalue weighted by atomic mass is 32.1. The maximum Gasteiger partial charge on any atom is 0.254 e. The van der Waals surface area contributed by atoms with E-state index in [-0.39, 0.29) is 11.6 Å². The van der Waals surface area contributed by atoms with Crippen LogP contribution < -0.4 is 5.32 Å². The van der Waals surface area contributed by atoms with Crippen LogP contribution in [0.4, 0.5) is 4.39 Å². The van der Waals surface area contributed by atoms with E-state index in [4.69, 9.17) is 0 Å². The summed E-state index contributed by atoms with van der Waals surface area (Å²) in [6.45, 7) is 0.343. The Morgan fingerprint density at radius 3 is 2.82 bits per heavy atom. The predicted octanol–water partition coefficient (Wildman–Crippen LogP) is 3.10. The molecule has 1 N–H and O–H groups in total. The van der Waals surface area contributed by atoms with Crippen LogP contribution in [0, 0.1) is 5.82 Å². The zero-order valence-corrected chi connectivity index (χ0v) is 12.5. The summed E-state index contributed by atoms with van der Waals surface area (Å²) in [5, 5.41) is 9.00. The number of carbonyl (C=O) groups is 1. The molecule has 0 aliphatic heterocycles. The maximum atomic E-state index is 13.6. The number of carbonyl (C=O) groups excluding carboxylic acids is 1. The van der Waals surface area contributed by atoms with Gasteiger partial charge in [0.2, 0.25) is 0 Å². The zero-order valence-electron chi connectivity index (χ0n) is 11.6. The summed E-state index contributed by atoms with van der Waals surface area (Å²) in [4.78, 5) is 13.2. The van der Waals surface area contributed by atoms with Crippen molar-refractivity contribution >= 4 is 17.2 Å². The van der Waals surface area contributed by atoms with Gasteiger partial charge in [-0.2, -0.15) is 5.10 Å². The van der Waals surface area contributed by atoms with Crippen molar-refractivity contribution in [2.24, 2.45) is 0 Å². The number of amides is 1. The van der Waals surface area contributed by atoms with Gasteiger partial charge in [-0.1, -0.05) is 18.2 Å². The Morgan fingerprint density at radius 2 is 2.14 bits per heavy atom. The van der Waals surface area contributed by atoms with Crippen LogP contribution >= 0.6 is 11.3 Å². The van der Waals surface area contributed by atoms with Crippen molar-refractivity contribution < 1.29 is 9.18 Å². The monoisotopic (exact) mass is 315 g/mol. The average molecular weight is 315 g/mol. The molecule has 0 saturated carbocycles. The quantitative estimate of drug-likeness (QED) is 0.786. The summed E-state index contributed by atoms with van der Waals surface area (Å²) in [6, 6.07) is 11.6. The van der Waals surface area contributed by atoms with Gasteiger partial charge in [0.1, 0.15) is 11.9 Å². The first-order valence-electron chi connectivity index (χ1n) is 6.81. The van der Waals surface area contributed by atoms with E-state index in [1.165, 1.54) is 12.1 Å². The number of hydrogen-bond donors (Lipinski definition) is 1. The number of aromatic nitrogens is 2. The van der Waals surface area contributed by atoms with Gasteiger partial charge in [-0.25, -0.2) is 4.39 Å². The van der Waals surface area contributed by atoms with Gasteiger partial charge in [0.05, 0.1) is 5.56 Å². The van der Waals surface area contributed by atoms with Crippen molar-refractivity contribution in [3.8, 4) is 0 Å². The van der Waals surface area contributed by atoms with Crippen molar-refractivity contribution in [2.75, 3.05) is 6.54 Å². The predicted molar refractivity (Wildman–Crippen MR) is 83.4 cm³/mol. The molecule has 0 radical (unpaired) electrons. The molecular weight excluding hydrogens is 301 g/mol. The summed E-state index contributed by atoms with van der Waals surface area (Å²) in [5.41, 5.74) is 0.0490. The topological polar surface area (TPSA) is 46.9 Å². The Balaban J connectivity index is 1.75. The van der Waals surface area contributed by atoms with E-state index in [1.807, 2.05) is 29.8 Å². The Hall–Kier alpha value is -2.47. The van der Waals surface area contributed by atoms with Crippen LogP contribution in [0.25, 0.3) is 0 Å². The molecule has 3 rings (SSSR count). The number of benzene rings is 1. The Kier molecular flexibility index (Phi) is 4.29. The largest absolute Gasteiger partial charge is 0.349 e. The normalized spacial score (nSPS) is 12.0. The fourth-order valence-corrected chi connectivity index (χ4v) is 3.02. The first kappa shape index (κ1) is 14.5. The van der Waals surface area contributed by atoms with E-state index in [1.54, 1.807) is 34.3 Å². The van der Waals surface area contributed by atoms with E-state index in [0.717, 1.165) is 4.88 Å². The standard InChI is InChI=1S/C16H14FN3OS/c17-13-6-2-1-5-12(13)16(21)18-11-14(15-7-3-10-22-15)20-9-4-8-19-20/h1-10,14H,11H2,(H,18,21). The molecule has 2 aromatic heterocycles. The highest BCUT2D eigenvalue weighted by Gasteiger charge is 2.18. The van der Waals surface area contributed by atoms with Crippen LogP contribution in [0.1, 0.15) is 21.3 Å². The van der Waals surface area contributed by atoms with Gasteiger partial charge < -0.3 is 5.32 Å². The van der Waals surface area contributed by atoms with Gasteiger partial charge in [-0.15, -0.1) is 11.3 Å². The highest BCUT2D eigenvalue weighted by Crippen LogP contribution is 2.22. The van der Waals surface area contributed by atoms with E-state index in [9.17, 15) is 9.18 Å². The lowest BCUT2D eigenvalue weighted by molar-refractivity contribution is 0.0945. The van der Waals surface area contributed by atoms with Gasteiger partial charge in [-0.3, -0.25) is 9.48 Å². The number of halogens is 1. The fourth-order valence-electron chi connectivity index (χ4n) is 2.20. The van der Waals surface area contributed by atoms with E-state index < -0.39 is 11.7 Å². The molecule has 1 aromatic carbocycles. The van der Waals surface area contributed by atoms with Crippen LogP contribution in [0.15, 0.2) is 60.2 Å². The molecule has 3 aromatic rings. The number of nitrogens with one attached hydrogen (secondary N) is 1. The van der Waals surface area contributed by atoms with Crippen LogP contribution in [-0.4, -0.2) is 22.2 Å². The van der Waals surface area contributed by atoms with E-state index >= 15 is 0 Å². The minimum atomic E-state index is -0.522. The minimum absolute atomic E-state index is 0.0490. The lowest BCUT2D eigenvalue weighted by Gasteiger charge is -2.17. The van der Waals surface area contributed by atoms with Crippen molar-refractivity contribution in [2.45, 2.75) is 6.04 Å². The van der Waals surface area contributed by atoms with Gasteiger partial charge in [0, 0.05) is 23.8 Å². The van der Waals surface area contributed by atoms with Gasteiger partial charge >= 0.3 is 0 Å². The summed E-state index contributed by atoms with van der Waals surface area (Å²) in [7, 11) is 0. The van der Waals surface area contributed by atoms with Crippen molar-refractivity contribution in [3.63, 3.8) is 0 Å². The molecule has 0 fully saturated rings. The first-order chi connectivity index (χ1) is 10.8. The van der Waals surface area contributed by atoms with Gasteiger partial charge in [0.25, 0.3) is 5.91 Å². The van der Waals surface area contributed by atoms with E-state index in [2.05, 4.69) is 10.4 Å². The molecular formula is C16H14FN3OS. The molecule has 0 bridgehead atoms. The first-order valence-corrected chi connectivity index (χ1v) is 7.69. The number of hydrogen-bond acceptors (Lipinski definition) is 3. The third kappa shape index (κ3) is 3.07. The minimum Gasteiger partial charge on any atom is -0.349 e. The fraction of sp³-hybridized carbons (Fsp3) is 0.125. The summed E-state index contributed by atoms with van der Waals surface area (Å²) >= 11 is 1.59. The lowest BCUT2D eigenvalue weighted by atomic mass is 10.2. The summed E-state index contributed by atoms with van der Waals surface area (Å²) in [6.07, 6.45) is 3.54. The average Bonchev–Trinajstić information content (AvgIpc) is 3.21. The molecule has 0 aliphatic rings. The third-order valence-corrected chi connectivity index (χ3v) is 4.26. The van der Waals surface area contributed by atoms with Crippen LogP contribution in [0.2, 0.25) is 0 Å². The van der Waals surface area contributed by atoms with Crippen molar-refractivity contribution in [1.29, 1.82) is 0 Å². The SMILES string of the molecule is O=C(NCC(c1cccs1)n1cccn1)c1ccccc1F. The van der Waals surface area contributed by atoms with Gasteiger partial charge in [-0.05, 0) is 29.6 Å². The Bertz CT molecular complexity index is 706. The van der Waals surface area contributed by atoms with Gasteiger partial charge in [0.15, 0.2) is 0 Å². The van der Waals surface area contributed by atoms with Crippen LogP contribution in [0.5, 0.6) is 0 Å². The molecule has 1 unspecified atom stereocenters. The molecule has 112 valence electrons. The second kappa shape index (κ2) is 6.53. The molecule has 22 heavy (non-hydrogen) atoms. The van der Waals surface area contributed by atoms with Crippen LogP contribution in [-0.2, 0) is 0 Å². The van der Waals surface area contributed by atoms with Crippen LogP contribution in [0.3, 0.4) is 0 Å². The Labute approximate surface area is 131 Å². The summed E-state index contributed by atoms with van der Waals surface area (Å²) in [5.74, 6) is -0.946. The maximum absolute atomic E-state index is 13.6. The number of nitrogens with zero attached hydrogens (tertiary/aromatic N) is 2. The number of rotatable bonds is 5. The molecule has 4 nitrogen and oxygen atoms in total. The molecule has 0 spiro atoms. The third-order valence-electron chi connectivity index (χ3n) is 3.29. The molecule has 0 saturated heterocycles. The highest BCUT2D eigenvalue weighted by molar-refractivity contribution is 7.10. The molecule has 0 aliphatic carbocycles. The Morgan fingerprint density at radius 1 is 1.27 bits per heavy atom. The summed E-state index contributed by atoms with van der Waals surface area (Å²) < 4.78 is 15.4. The number of thiophene rings is 1. The molecule has 2 heterocycles. The molecule has 1 atom stereocenters. The zero-order chi connectivity index (χ0) is 15.4. The second-order valence-electron chi connectivity index (χ2n) is 4.71.